The fraction of sp³-hybridized carbons (Fsp3) is 0.500. The molecule has 0 spiro atoms. The third-order valence-electron chi connectivity index (χ3n) is 2.77. The molecule has 0 amide bonds. The van der Waals surface area contributed by atoms with Crippen LogP contribution < -0.4 is 0 Å². The summed E-state index contributed by atoms with van der Waals surface area (Å²) < 4.78 is 25.5. The van der Waals surface area contributed by atoms with Crippen LogP contribution in [0.15, 0.2) is 30.3 Å². The number of hydrogen-bond acceptors (Lipinski definition) is 3. The number of nitrogens with zero attached hydrogens (tertiary/aromatic N) is 1. The van der Waals surface area contributed by atoms with E-state index in [-0.39, 0.29) is 18.2 Å². The van der Waals surface area contributed by atoms with E-state index in [2.05, 4.69) is 0 Å². The van der Waals surface area contributed by atoms with Crippen LogP contribution in [0.1, 0.15) is 19.4 Å². The molecule has 0 aromatic heterocycles. The fourth-order valence-corrected chi connectivity index (χ4v) is 3.44. The number of carboxylic acid groups (broad SMARTS) is 1. The molecule has 1 N–H and O–H groups in total. The highest BCUT2D eigenvalue weighted by atomic mass is 32.2. The van der Waals surface area contributed by atoms with Crippen LogP contribution in [0.2, 0.25) is 0 Å². The highest BCUT2D eigenvalue weighted by molar-refractivity contribution is 7.89. The molecule has 5 nitrogen and oxygen atoms in total. The lowest BCUT2D eigenvalue weighted by Crippen LogP contribution is -2.39. The average Bonchev–Trinajstić information content (AvgIpc) is 2.36. The number of carbonyl (C=O) groups is 1. The minimum absolute atomic E-state index is 0.0724. The Bertz CT molecular complexity index is 525. The van der Waals surface area contributed by atoms with Gasteiger partial charge in [0.25, 0.3) is 0 Å². The molecule has 1 aromatic rings. The van der Waals surface area contributed by atoms with E-state index in [0.717, 1.165) is 9.87 Å². The van der Waals surface area contributed by atoms with Crippen LogP contribution in [0.4, 0.5) is 0 Å². The standard InChI is InChI=1S/C14H21NO4S/c1-12(2)10-15(11-14(16)17)20(18,19)9-8-13-6-4-3-5-7-13/h3-7,12H,8-11H2,1-2H3,(H,16,17). The van der Waals surface area contributed by atoms with E-state index < -0.39 is 22.5 Å². The minimum Gasteiger partial charge on any atom is -0.480 e. The SMILES string of the molecule is CC(C)CN(CC(=O)O)S(=O)(=O)CCc1ccccc1. The largest absolute Gasteiger partial charge is 0.480 e. The van der Waals surface area contributed by atoms with Crippen LogP contribution in [0.3, 0.4) is 0 Å². The first-order chi connectivity index (χ1) is 9.31. The first kappa shape index (κ1) is 16.7. The Kier molecular flexibility index (Phi) is 6.16. The summed E-state index contributed by atoms with van der Waals surface area (Å²) in [6, 6.07) is 9.29. The number of aliphatic carboxylic acids is 1. The van der Waals surface area contributed by atoms with Crippen LogP contribution >= 0.6 is 0 Å². The van der Waals surface area contributed by atoms with Crippen LogP contribution in [0.5, 0.6) is 0 Å². The summed E-state index contributed by atoms with van der Waals surface area (Å²) in [7, 11) is -3.56. The van der Waals surface area contributed by atoms with E-state index in [0.29, 0.717) is 6.42 Å². The van der Waals surface area contributed by atoms with Crippen molar-refractivity contribution in [2.45, 2.75) is 20.3 Å². The Morgan fingerprint density at radius 3 is 2.35 bits per heavy atom. The Morgan fingerprint density at radius 2 is 1.85 bits per heavy atom. The molecule has 20 heavy (non-hydrogen) atoms. The summed E-state index contributed by atoms with van der Waals surface area (Å²) in [5, 5.41) is 8.84. The second kappa shape index (κ2) is 7.40. The van der Waals surface area contributed by atoms with Gasteiger partial charge in [-0.3, -0.25) is 4.79 Å². The van der Waals surface area contributed by atoms with E-state index in [4.69, 9.17) is 5.11 Å². The summed E-state index contributed by atoms with van der Waals surface area (Å²) in [6.07, 6.45) is 0.386. The van der Waals surface area contributed by atoms with E-state index in [1.54, 1.807) is 0 Å². The Morgan fingerprint density at radius 1 is 1.25 bits per heavy atom. The van der Waals surface area contributed by atoms with Crippen LogP contribution in [-0.4, -0.2) is 42.6 Å². The quantitative estimate of drug-likeness (QED) is 0.791. The molecular weight excluding hydrogens is 278 g/mol. The van der Waals surface area contributed by atoms with Crippen molar-refractivity contribution in [3.63, 3.8) is 0 Å². The van der Waals surface area contributed by atoms with E-state index in [1.165, 1.54) is 0 Å². The van der Waals surface area contributed by atoms with Crippen molar-refractivity contribution < 1.29 is 18.3 Å². The molecule has 0 fully saturated rings. The van der Waals surface area contributed by atoms with E-state index in [1.807, 2.05) is 44.2 Å². The van der Waals surface area contributed by atoms with Crippen molar-refractivity contribution in [1.29, 1.82) is 0 Å². The van der Waals surface area contributed by atoms with Crippen molar-refractivity contribution in [3.8, 4) is 0 Å². The van der Waals surface area contributed by atoms with Gasteiger partial charge in [-0.2, -0.15) is 4.31 Å². The predicted octanol–water partition coefficient (Wildman–Crippen LogP) is 1.60. The molecule has 112 valence electrons. The molecule has 0 bridgehead atoms. The molecule has 1 rings (SSSR count). The lowest BCUT2D eigenvalue weighted by Gasteiger charge is -2.22. The summed E-state index contributed by atoms with van der Waals surface area (Å²) in [5.74, 6) is -1.12. The summed E-state index contributed by atoms with van der Waals surface area (Å²) >= 11 is 0. The van der Waals surface area contributed by atoms with Gasteiger partial charge >= 0.3 is 5.97 Å². The normalized spacial score (nSPS) is 12.0. The van der Waals surface area contributed by atoms with Crippen molar-refractivity contribution >= 4 is 16.0 Å². The molecule has 0 saturated carbocycles. The Balaban J connectivity index is 2.74. The van der Waals surface area contributed by atoms with Gasteiger partial charge < -0.3 is 5.11 Å². The van der Waals surface area contributed by atoms with Crippen molar-refractivity contribution in [2.24, 2.45) is 5.92 Å². The summed E-state index contributed by atoms with van der Waals surface area (Å²) in [4.78, 5) is 10.8. The number of aryl methyl sites for hydroxylation is 1. The molecule has 0 atom stereocenters. The van der Waals surface area contributed by atoms with E-state index >= 15 is 0 Å². The van der Waals surface area contributed by atoms with Gasteiger partial charge in [0, 0.05) is 6.54 Å². The summed E-state index contributed by atoms with van der Waals surface area (Å²) in [5.41, 5.74) is 0.927. The van der Waals surface area contributed by atoms with Crippen molar-refractivity contribution in [3.05, 3.63) is 35.9 Å². The van der Waals surface area contributed by atoms with Gasteiger partial charge in [0.15, 0.2) is 0 Å². The molecule has 0 aliphatic heterocycles. The maximum atomic E-state index is 12.2. The van der Waals surface area contributed by atoms with Gasteiger partial charge in [0.1, 0.15) is 6.54 Å². The average molecular weight is 299 g/mol. The topological polar surface area (TPSA) is 74.7 Å². The lowest BCUT2D eigenvalue weighted by atomic mass is 10.2. The Labute approximate surface area is 120 Å². The number of hydrogen-bond donors (Lipinski definition) is 1. The zero-order valence-electron chi connectivity index (χ0n) is 11.8. The maximum absolute atomic E-state index is 12.2. The first-order valence-electron chi connectivity index (χ1n) is 6.55. The second-order valence-electron chi connectivity index (χ2n) is 5.13. The molecule has 0 radical (unpaired) electrons. The molecular formula is C14H21NO4S. The number of sulfonamides is 1. The van der Waals surface area contributed by atoms with Crippen LogP contribution in [-0.2, 0) is 21.2 Å². The minimum atomic E-state index is -3.56. The number of rotatable bonds is 8. The fourth-order valence-electron chi connectivity index (χ4n) is 1.86. The van der Waals surface area contributed by atoms with Crippen molar-refractivity contribution in [1.82, 2.24) is 4.31 Å². The van der Waals surface area contributed by atoms with Gasteiger partial charge in [0.2, 0.25) is 10.0 Å². The number of benzene rings is 1. The van der Waals surface area contributed by atoms with Gasteiger partial charge in [-0.05, 0) is 17.9 Å². The summed E-state index contributed by atoms with van der Waals surface area (Å²) in [6.45, 7) is 3.47. The zero-order valence-corrected chi connectivity index (χ0v) is 12.6. The zero-order chi connectivity index (χ0) is 15.2. The first-order valence-corrected chi connectivity index (χ1v) is 8.15. The van der Waals surface area contributed by atoms with Gasteiger partial charge in [-0.1, -0.05) is 44.2 Å². The smallest absolute Gasteiger partial charge is 0.318 e. The third kappa shape index (κ3) is 5.71. The van der Waals surface area contributed by atoms with Crippen molar-refractivity contribution in [2.75, 3.05) is 18.8 Å². The van der Waals surface area contributed by atoms with E-state index in [9.17, 15) is 13.2 Å². The maximum Gasteiger partial charge on any atom is 0.318 e. The van der Waals surface area contributed by atoms with Crippen LogP contribution in [0.25, 0.3) is 0 Å². The Hall–Kier alpha value is -1.40. The molecule has 0 aliphatic carbocycles. The second-order valence-corrected chi connectivity index (χ2v) is 7.22. The highest BCUT2D eigenvalue weighted by Crippen LogP contribution is 2.09. The van der Waals surface area contributed by atoms with Gasteiger partial charge in [-0.15, -0.1) is 0 Å². The van der Waals surface area contributed by atoms with Gasteiger partial charge in [0.05, 0.1) is 5.75 Å². The monoisotopic (exact) mass is 299 g/mol. The third-order valence-corrected chi connectivity index (χ3v) is 4.55. The molecule has 0 aliphatic rings. The highest BCUT2D eigenvalue weighted by Gasteiger charge is 2.24. The molecule has 0 saturated heterocycles. The predicted molar refractivity (Wildman–Crippen MR) is 78.0 cm³/mol. The molecule has 0 heterocycles. The molecule has 6 heteroatoms. The number of carboxylic acids is 1. The molecule has 1 aromatic carbocycles. The van der Waals surface area contributed by atoms with Gasteiger partial charge in [-0.25, -0.2) is 8.42 Å². The van der Waals surface area contributed by atoms with Crippen LogP contribution in [0, 0.1) is 5.92 Å². The molecule has 0 unspecified atom stereocenters. The lowest BCUT2D eigenvalue weighted by molar-refractivity contribution is -0.137.